The first-order valence-electron chi connectivity index (χ1n) is 9.62. The van der Waals surface area contributed by atoms with Crippen LogP contribution in [0.3, 0.4) is 0 Å². The molecule has 0 spiro atoms. The van der Waals surface area contributed by atoms with Crippen molar-refractivity contribution in [1.29, 1.82) is 0 Å². The van der Waals surface area contributed by atoms with Crippen molar-refractivity contribution in [1.82, 2.24) is 21.3 Å². The Kier molecular flexibility index (Phi) is 9.61. The minimum absolute atomic E-state index is 0.212. The van der Waals surface area contributed by atoms with Crippen LogP contribution in [0.1, 0.15) is 22.3 Å². The van der Waals surface area contributed by atoms with Gasteiger partial charge in [-0.15, -0.1) is 0 Å². The molecule has 2 aromatic rings. The maximum absolute atomic E-state index is 11.7. The van der Waals surface area contributed by atoms with E-state index in [4.69, 9.17) is 9.47 Å². The zero-order valence-corrected chi connectivity index (χ0v) is 17.5. The molecule has 0 aliphatic carbocycles. The summed E-state index contributed by atoms with van der Waals surface area (Å²) in [6.45, 7) is 3.10. The maximum atomic E-state index is 11.7. The lowest BCUT2D eigenvalue weighted by atomic mass is 10.2. The standard InChI is InChI=1S/C22H22N4O7/c1-2-15-3-7-17(8-4-15)32-21(30)25-13-23-19(28)11-20(29)24-14-26-22(31)33-18-9-5-16(12-27)6-10-18/h2-10,12H,1,11,13-14H2,(H,23,28)(H,24,29)(H,25,30)(H,26,31). The SMILES string of the molecule is C=Cc1ccc(OC(=O)NCNC(=O)CC(=O)NCNC(=O)Oc2ccc(C=O)cc2)cc1. The highest BCUT2D eigenvalue weighted by Gasteiger charge is 2.11. The van der Waals surface area contributed by atoms with Crippen LogP contribution in [0.5, 0.6) is 11.5 Å². The summed E-state index contributed by atoms with van der Waals surface area (Å²) in [4.78, 5) is 57.4. The van der Waals surface area contributed by atoms with Gasteiger partial charge < -0.3 is 30.7 Å². The van der Waals surface area contributed by atoms with Crippen LogP contribution in [0, 0.1) is 0 Å². The Morgan fingerprint density at radius 2 is 1.12 bits per heavy atom. The smallest absolute Gasteiger partial charge is 0.410 e. The van der Waals surface area contributed by atoms with Gasteiger partial charge in [-0.2, -0.15) is 0 Å². The second-order valence-electron chi connectivity index (χ2n) is 6.32. The van der Waals surface area contributed by atoms with Gasteiger partial charge >= 0.3 is 12.2 Å². The highest BCUT2D eigenvalue weighted by molar-refractivity contribution is 5.97. The van der Waals surface area contributed by atoms with E-state index in [1.54, 1.807) is 30.3 Å². The molecule has 172 valence electrons. The number of hydrogen-bond donors (Lipinski definition) is 4. The van der Waals surface area contributed by atoms with Gasteiger partial charge in [-0.25, -0.2) is 9.59 Å². The summed E-state index contributed by atoms with van der Waals surface area (Å²) in [6, 6.07) is 12.5. The molecule has 0 unspecified atom stereocenters. The van der Waals surface area contributed by atoms with Crippen molar-refractivity contribution in [2.24, 2.45) is 0 Å². The fourth-order valence-electron chi connectivity index (χ4n) is 2.27. The summed E-state index contributed by atoms with van der Waals surface area (Å²) in [5, 5.41) is 9.23. The first-order chi connectivity index (χ1) is 15.9. The number of aldehydes is 1. The topological polar surface area (TPSA) is 152 Å². The average Bonchev–Trinajstić information content (AvgIpc) is 2.80. The van der Waals surface area contributed by atoms with Crippen LogP contribution in [-0.4, -0.2) is 43.6 Å². The lowest BCUT2D eigenvalue weighted by Gasteiger charge is -2.09. The van der Waals surface area contributed by atoms with Crippen molar-refractivity contribution in [3.63, 3.8) is 0 Å². The van der Waals surface area contributed by atoms with Gasteiger partial charge in [-0.3, -0.25) is 14.4 Å². The van der Waals surface area contributed by atoms with E-state index < -0.39 is 30.4 Å². The van der Waals surface area contributed by atoms with Gasteiger partial charge in [0.25, 0.3) is 0 Å². The second-order valence-corrected chi connectivity index (χ2v) is 6.32. The van der Waals surface area contributed by atoms with E-state index in [0.717, 1.165) is 5.56 Å². The third-order valence-corrected chi connectivity index (χ3v) is 3.91. The van der Waals surface area contributed by atoms with Crippen molar-refractivity contribution in [3.8, 4) is 11.5 Å². The Labute approximate surface area is 189 Å². The van der Waals surface area contributed by atoms with Crippen LogP contribution in [0.4, 0.5) is 9.59 Å². The van der Waals surface area contributed by atoms with Gasteiger partial charge in [0, 0.05) is 5.56 Å². The number of amides is 4. The molecule has 4 N–H and O–H groups in total. The van der Waals surface area contributed by atoms with E-state index >= 15 is 0 Å². The van der Waals surface area contributed by atoms with Crippen molar-refractivity contribution in [2.75, 3.05) is 13.3 Å². The number of hydrogen-bond acceptors (Lipinski definition) is 7. The highest BCUT2D eigenvalue weighted by atomic mass is 16.6. The number of nitrogens with one attached hydrogen (secondary N) is 4. The summed E-state index contributed by atoms with van der Waals surface area (Å²) < 4.78 is 9.98. The first-order valence-corrected chi connectivity index (χ1v) is 9.62. The summed E-state index contributed by atoms with van der Waals surface area (Å²) in [7, 11) is 0. The molecule has 0 bridgehead atoms. The molecular weight excluding hydrogens is 432 g/mol. The van der Waals surface area contributed by atoms with Gasteiger partial charge in [0.2, 0.25) is 11.8 Å². The molecule has 0 saturated heterocycles. The van der Waals surface area contributed by atoms with Gasteiger partial charge in [-0.05, 0) is 42.0 Å². The van der Waals surface area contributed by atoms with E-state index in [9.17, 15) is 24.0 Å². The molecule has 0 aromatic heterocycles. The lowest BCUT2D eigenvalue weighted by Crippen LogP contribution is -2.42. The van der Waals surface area contributed by atoms with Gasteiger partial charge in [0.1, 0.15) is 24.2 Å². The summed E-state index contributed by atoms with van der Waals surface area (Å²) >= 11 is 0. The van der Waals surface area contributed by atoms with Crippen LogP contribution in [0.15, 0.2) is 55.1 Å². The molecule has 2 rings (SSSR count). The predicted molar refractivity (Wildman–Crippen MR) is 117 cm³/mol. The molecule has 0 atom stereocenters. The fraction of sp³-hybridized carbons (Fsp3) is 0.136. The van der Waals surface area contributed by atoms with Crippen LogP contribution >= 0.6 is 0 Å². The monoisotopic (exact) mass is 454 g/mol. The molecule has 0 saturated carbocycles. The van der Waals surface area contributed by atoms with E-state index in [1.165, 1.54) is 24.3 Å². The number of carbonyl (C=O) groups excluding carboxylic acids is 5. The molecule has 2 aromatic carbocycles. The Balaban J connectivity index is 1.58. The first kappa shape index (κ1) is 24.6. The van der Waals surface area contributed by atoms with E-state index in [0.29, 0.717) is 17.6 Å². The number of rotatable bonds is 10. The van der Waals surface area contributed by atoms with Gasteiger partial charge in [0.05, 0.1) is 13.3 Å². The van der Waals surface area contributed by atoms with Crippen molar-refractivity contribution in [2.45, 2.75) is 6.42 Å². The quantitative estimate of drug-likeness (QED) is 0.241. The van der Waals surface area contributed by atoms with Crippen LogP contribution in [0.25, 0.3) is 6.08 Å². The number of carbonyl (C=O) groups is 5. The van der Waals surface area contributed by atoms with Crippen LogP contribution in [0.2, 0.25) is 0 Å². The molecule has 33 heavy (non-hydrogen) atoms. The number of benzene rings is 2. The van der Waals surface area contributed by atoms with Crippen molar-refractivity contribution in [3.05, 3.63) is 66.2 Å². The molecule has 0 heterocycles. The fourth-order valence-corrected chi connectivity index (χ4v) is 2.27. The zero-order chi connectivity index (χ0) is 24.1. The average molecular weight is 454 g/mol. The van der Waals surface area contributed by atoms with Crippen molar-refractivity contribution < 1.29 is 33.4 Å². The molecule has 11 nitrogen and oxygen atoms in total. The summed E-state index contributed by atoms with van der Waals surface area (Å²) in [5.41, 5.74) is 1.30. The Bertz CT molecular complexity index is 923. The molecule has 0 aliphatic heterocycles. The molecule has 0 aliphatic rings. The minimum atomic E-state index is -0.833. The van der Waals surface area contributed by atoms with Gasteiger partial charge in [-0.1, -0.05) is 24.8 Å². The predicted octanol–water partition coefficient (Wildman–Crippen LogP) is 1.56. The Morgan fingerprint density at radius 3 is 1.52 bits per heavy atom. The zero-order valence-electron chi connectivity index (χ0n) is 17.5. The molecule has 0 fully saturated rings. The maximum Gasteiger partial charge on any atom is 0.413 e. The third-order valence-electron chi connectivity index (χ3n) is 3.91. The largest absolute Gasteiger partial charge is 0.413 e. The third kappa shape index (κ3) is 9.34. The van der Waals surface area contributed by atoms with Crippen LogP contribution < -0.4 is 30.7 Å². The molecule has 0 radical (unpaired) electrons. The van der Waals surface area contributed by atoms with E-state index in [1.807, 2.05) is 0 Å². The molecule has 11 heteroatoms. The molecular formula is C22H22N4O7. The highest BCUT2D eigenvalue weighted by Crippen LogP contribution is 2.13. The minimum Gasteiger partial charge on any atom is -0.410 e. The molecule has 4 amide bonds. The van der Waals surface area contributed by atoms with Crippen LogP contribution in [-0.2, 0) is 9.59 Å². The van der Waals surface area contributed by atoms with E-state index in [2.05, 4.69) is 27.8 Å². The lowest BCUT2D eigenvalue weighted by molar-refractivity contribution is -0.129. The number of ether oxygens (including phenoxy) is 2. The Hall–Kier alpha value is -4.67. The Morgan fingerprint density at radius 1 is 0.697 bits per heavy atom. The van der Waals surface area contributed by atoms with Gasteiger partial charge in [0.15, 0.2) is 0 Å². The normalized spacial score (nSPS) is 9.70. The van der Waals surface area contributed by atoms with E-state index in [-0.39, 0.29) is 19.1 Å². The summed E-state index contributed by atoms with van der Waals surface area (Å²) in [5.74, 6) is -0.787. The summed E-state index contributed by atoms with van der Waals surface area (Å²) in [6.07, 6.45) is 0.161. The second kappa shape index (κ2) is 12.9. The van der Waals surface area contributed by atoms with Crippen molar-refractivity contribution >= 4 is 36.4 Å².